The second kappa shape index (κ2) is 5.02. The first kappa shape index (κ1) is 12.8. The topological polar surface area (TPSA) is 48.1 Å². The van der Waals surface area contributed by atoms with Crippen LogP contribution in [-0.2, 0) is 0 Å². The van der Waals surface area contributed by atoms with E-state index >= 15 is 0 Å². The largest absolute Gasteiger partial charge is 0.438 e. The van der Waals surface area contributed by atoms with Crippen molar-refractivity contribution in [2.75, 3.05) is 5.73 Å². The average Bonchev–Trinajstić information content (AvgIpc) is 2.47. The Morgan fingerprint density at radius 3 is 2.35 bits per heavy atom. The molecule has 0 aliphatic rings. The molecule has 0 amide bonds. The van der Waals surface area contributed by atoms with E-state index in [9.17, 15) is 0 Å². The molecule has 0 aliphatic heterocycles. The monoisotopic (exact) mass is 284 g/mol. The van der Waals surface area contributed by atoms with Gasteiger partial charge in [0.25, 0.3) is 0 Å². The van der Waals surface area contributed by atoms with Crippen LogP contribution in [0.15, 0.2) is 48.5 Å². The highest BCUT2D eigenvalue weighted by molar-refractivity contribution is 6.30. The van der Waals surface area contributed by atoms with Crippen molar-refractivity contribution in [3.8, 4) is 11.6 Å². The third-order valence-corrected chi connectivity index (χ3v) is 3.45. The van der Waals surface area contributed by atoms with Crippen molar-refractivity contribution < 1.29 is 4.74 Å². The first-order valence-corrected chi connectivity index (χ1v) is 6.61. The number of benzene rings is 2. The predicted molar refractivity (Wildman–Crippen MR) is 82.4 cm³/mol. The quantitative estimate of drug-likeness (QED) is 0.750. The normalized spacial score (nSPS) is 10.7. The summed E-state index contributed by atoms with van der Waals surface area (Å²) >= 11 is 5.86. The van der Waals surface area contributed by atoms with E-state index in [1.807, 2.05) is 31.2 Å². The van der Waals surface area contributed by atoms with Gasteiger partial charge < -0.3 is 10.5 Å². The summed E-state index contributed by atoms with van der Waals surface area (Å²) in [6, 6.07) is 15.1. The Morgan fingerprint density at radius 2 is 1.65 bits per heavy atom. The molecular weight excluding hydrogens is 272 g/mol. The summed E-state index contributed by atoms with van der Waals surface area (Å²) < 4.78 is 5.83. The van der Waals surface area contributed by atoms with Gasteiger partial charge in [0.05, 0.1) is 0 Å². The van der Waals surface area contributed by atoms with Crippen LogP contribution in [0.3, 0.4) is 0 Å². The molecular formula is C16H13ClN2O. The molecule has 100 valence electrons. The molecule has 0 saturated carbocycles. The Kier molecular flexibility index (Phi) is 3.20. The summed E-state index contributed by atoms with van der Waals surface area (Å²) in [5.74, 6) is 1.66. The molecule has 0 bridgehead atoms. The van der Waals surface area contributed by atoms with Gasteiger partial charge in [-0.2, -0.15) is 4.98 Å². The second-order valence-corrected chi connectivity index (χ2v) is 4.97. The lowest BCUT2D eigenvalue weighted by Gasteiger charge is -2.11. The van der Waals surface area contributed by atoms with Gasteiger partial charge >= 0.3 is 0 Å². The van der Waals surface area contributed by atoms with Crippen LogP contribution < -0.4 is 10.5 Å². The minimum absolute atomic E-state index is 0.479. The maximum atomic E-state index is 5.95. The van der Waals surface area contributed by atoms with Gasteiger partial charge in [-0.25, -0.2) is 0 Å². The van der Waals surface area contributed by atoms with Crippen molar-refractivity contribution >= 4 is 28.2 Å². The number of aromatic nitrogens is 1. The third kappa shape index (κ3) is 2.28. The Morgan fingerprint density at radius 1 is 1.00 bits per heavy atom. The van der Waals surface area contributed by atoms with Crippen LogP contribution in [0, 0.1) is 6.92 Å². The molecule has 0 unspecified atom stereocenters. The molecule has 1 aromatic heterocycles. The van der Waals surface area contributed by atoms with Crippen LogP contribution in [0.5, 0.6) is 11.6 Å². The molecule has 20 heavy (non-hydrogen) atoms. The summed E-state index contributed by atoms with van der Waals surface area (Å²) in [6.45, 7) is 1.96. The number of halogens is 1. The van der Waals surface area contributed by atoms with Crippen LogP contribution in [0.4, 0.5) is 5.82 Å². The Labute approximate surface area is 122 Å². The van der Waals surface area contributed by atoms with E-state index < -0.39 is 0 Å². The zero-order valence-electron chi connectivity index (χ0n) is 10.9. The molecule has 0 saturated heterocycles. The molecule has 1 heterocycles. The van der Waals surface area contributed by atoms with E-state index in [1.165, 1.54) is 0 Å². The summed E-state index contributed by atoms with van der Waals surface area (Å²) in [7, 11) is 0. The summed E-state index contributed by atoms with van der Waals surface area (Å²) in [4.78, 5) is 4.34. The summed E-state index contributed by atoms with van der Waals surface area (Å²) in [5, 5.41) is 2.65. The lowest BCUT2D eigenvalue weighted by Crippen LogP contribution is -1.98. The fourth-order valence-corrected chi connectivity index (χ4v) is 2.21. The first-order chi connectivity index (χ1) is 9.65. The van der Waals surface area contributed by atoms with Gasteiger partial charge in [-0.3, -0.25) is 0 Å². The highest BCUT2D eigenvalue weighted by Gasteiger charge is 2.10. The van der Waals surface area contributed by atoms with E-state index in [4.69, 9.17) is 22.1 Å². The Balaban J connectivity index is 2.11. The molecule has 3 rings (SSSR count). The molecule has 0 fully saturated rings. The Hall–Kier alpha value is -2.26. The van der Waals surface area contributed by atoms with Gasteiger partial charge in [-0.15, -0.1) is 0 Å². The van der Waals surface area contributed by atoms with Crippen molar-refractivity contribution in [2.45, 2.75) is 6.92 Å². The smallest absolute Gasteiger partial charge is 0.229 e. The van der Waals surface area contributed by atoms with Crippen molar-refractivity contribution in [3.63, 3.8) is 0 Å². The van der Waals surface area contributed by atoms with Crippen molar-refractivity contribution in [1.82, 2.24) is 4.98 Å². The summed E-state index contributed by atoms with van der Waals surface area (Å²) in [5.41, 5.74) is 6.91. The van der Waals surface area contributed by atoms with Crippen molar-refractivity contribution in [3.05, 3.63) is 59.1 Å². The molecule has 2 N–H and O–H groups in total. The van der Waals surface area contributed by atoms with E-state index in [0.717, 1.165) is 16.3 Å². The van der Waals surface area contributed by atoms with Crippen molar-refractivity contribution in [1.29, 1.82) is 0 Å². The molecule has 4 heteroatoms. The molecule has 0 aliphatic carbocycles. The minimum Gasteiger partial charge on any atom is -0.438 e. The van der Waals surface area contributed by atoms with Crippen LogP contribution in [0.1, 0.15) is 5.56 Å². The number of fused-ring (bicyclic) bond motifs is 1. The number of rotatable bonds is 2. The van der Waals surface area contributed by atoms with E-state index in [-0.39, 0.29) is 0 Å². The number of pyridine rings is 1. The number of ether oxygens (including phenoxy) is 1. The van der Waals surface area contributed by atoms with Crippen molar-refractivity contribution in [2.24, 2.45) is 0 Å². The maximum absolute atomic E-state index is 5.95. The van der Waals surface area contributed by atoms with Gasteiger partial charge in [0.15, 0.2) is 0 Å². The molecule has 2 aromatic carbocycles. The van der Waals surface area contributed by atoms with Gasteiger partial charge in [-0.05, 0) is 48.2 Å². The van der Waals surface area contributed by atoms with Crippen LogP contribution >= 0.6 is 11.6 Å². The number of anilines is 1. The molecule has 3 nitrogen and oxygen atoms in total. The standard InChI is InChI=1S/C16H13ClN2O/c1-10-13-4-2-3-5-14(13)16(19-15(10)18)20-12-8-6-11(17)7-9-12/h2-9H,1H3,(H2,18,19). The fraction of sp³-hybridized carbons (Fsp3) is 0.0625. The molecule has 3 aromatic rings. The number of hydrogen-bond donors (Lipinski definition) is 1. The predicted octanol–water partition coefficient (Wildman–Crippen LogP) is 4.57. The molecule has 0 atom stereocenters. The minimum atomic E-state index is 0.479. The van der Waals surface area contributed by atoms with E-state index in [0.29, 0.717) is 22.5 Å². The average molecular weight is 285 g/mol. The SMILES string of the molecule is Cc1c(N)nc(Oc2ccc(Cl)cc2)c2ccccc12. The zero-order chi connectivity index (χ0) is 14.1. The number of aryl methyl sites for hydroxylation is 1. The second-order valence-electron chi connectivity index (χ2n) is 4.53. The van der Waals surface area contributed by atoms with Gasteiger partial charge in [0, 0.05) is 10.4 Å². The zero-order valence-corrected chi connectivity index (χ0v) is 11.7. The maximum Gasteiger partial charge on any atom is 0.229 e. The van der Waals surface area contributed by atoms with E-state index in [1.54, 1.807) is 24.3 Å². The van der Waals surface area contributed by atoms with Gasteiger partial charge in [0.2, 0.25) is 5.88 Å². The summed E-state index contributed by atoms with van der Waals surface area (Å²) in [6.07, 6.45) is 0. The highest BCUT2D eigenvalue weighted by atomic mass is 35.5. The van der Waals surface area contributed by atoms with Crippen LogP contribution in [0.25, 0.3) is 10.8 Å². The molecule has 0 spiro atoms. The van der Waals surface area contributed by atoms with Crippen LogP contribution in [0.2, 0.25) is 5.02 Å². The number of hydrogen-bond acceptors (Lipinski definition) is 3. The molecule has 0 radical (unpaired) electrons. The van der Waals surface area contributed by atoms with Gasteiger partial charge in [0.1, 0.15) is 11.6 Å². The van der Waals surface area contributed by atoms with E-state index in [2.05, 4.69) is 4.98 Å². The fourth-order valence-electron chi connectivity index (χ4n) is 2.08. The number of nitrogens with two attached hydrogens (primary N) is 1. The highest BCUT2D eigenvalue weighted by Crippen LogP contribution is 2.32. The lowest BCUT2D eigenvalue weighted by molar-refractivity contribution is 0.470. The Bertz CT molecular complexity index is 769. The first-order valence-electron chi connectivity index (χ1n) is 6.23. The van der Waals surface area contributed by atoms with Gasteiger partial charge in [-0.1, -0.05) is 29.8 Å². The number of nitrogen functional groups attached to an aromatic ring is 1. The third-order valence-electron chi connectivity index (χ3n) is 3.20. The number of nitrogens with zero attached hydrogens (tertiary/aromatic N) is 1. The van der Waals surface area contributed by atoms with Crippen LogP contribution in [-0.4, -0.2) is 4.98 Å². The lowest BCUT2D eigenvalue weighted by atomic mass is 10.1.